The zero-order valence-electron chi connectivity index (χ0n) is 18.4. The maximum Gasteiger partial charge on any atom is 0.178 e. The second-order valence-corrected chi connectivity index (χ2v) is 10.6. The Kier molecular flexibility index (Phi) is 6.67. The number of nitrogens with two attached hydrogens (primary N) is 1. The zero-order chi connectivity index (χ0) is 23.5. The highest BCUT2D eigenvalue weighted by atomic mass is 32.2. The van der Waals surface area contributed by atoms with Crippen molar-refractivity contribution in [3.05, 3.63) is 72.8 Å². The lowest BCUT2D eigenvalue weighted by molar-refractivity contribution is 0.133. The van der Waals surface area contributed by atoms with Gasteiger partial charge in [-0.2, -0.15) is 0 Å². The first-order valence-corrected chi connectivity index (χ1v) is 12.5. The van der Waals surface area contributed by atoms with Crippen molar-refractivity contribution in [2.45, 2.75) is 24.3 Å². The number of aliphatic imine (C=N–C) groups is 1. The molecule has 0 aliphatic carbocycles. The van der Waals surface area contributed by atoms with E-state index in [1.807, 2.05) is 43.3 Å². The van der Waals surface area contributed by atoms with Gasteiger partial charge in [0.1, 0.15) is 17.1 Å². The van der Waals surface area contributed by atoms with Crippen molar-refractivity contribution in [1.82, 2.24) is 0 Å². The molecule has 0 saturated heterocycles. The molecule has 0 fully saturated rings. The number of allylic oxidation sites excluding steroid dienone is 1. The standard InChI is InChI=1S/C25H27FN2O4S/c1-18(32-24-5-2-4-23-22(24)10-13-31-23)19(14-25(16-27)11-3-12-28-17-25)15-33(29,30)21-8-6-20(26)7-9-21/h2-13,18-19H,14-17,27H2,1H3. The summed E-state index contributed by atoms with van der Waals surface area (Å²) < 4.78 is 51.6. The fourth-order valence-electron chi connectivity index (χ4n) is 4.21. The van der Waals surface area contributed by atoms with E-state index < -0.39 is 33.1 Å². The van der Waals surface area contributed by atoms with Gasteiger partial charge in [-0.05, 0) is 61.9 Å². The van der Waals surface area contributed by atoms with Gasteiger partial charge in [0.05, 0.1) is 28.4 Å². The molecule has 33 heavy (non-hydrogen) atoms. The van der Waals surface area contributed by atoms with Crippen LogP contribution in [0, 0.1) is 17.2 Å². The number of hydrogen-bond donors (Lipinski definition) is 1. The Bertz CT molecular complexity index is 1270. The third-order valence-corrected chi connectivity index (χ3v) is 8.02. The number of sulfone groups is 1. The monoisotopic (exact) mass is 470 g/mol. The van der Waals surface area contributed by atoms with Crippen molar-refractivity contribution < 1.29 is 22.0 Å². The number of fused-ring (bicyclic) bond motifs is 1. The molecular formula is C25H27FN2O4S. The van der Waals surface area contributed by atoms with Crippen LogP contribution in [0.1, 0.15) is 13.3 Å². The SMILES string of the molecule is CC(Oc1cccc2occc12)C(CC1(CN)C=CC=NC1)CS(=O)(=O)c1ccc(F)cc1. The summed E-state index contributed by atoms with van der Waals surface area (Å²) in [5, 5.41) is 0.820. The molecule has 1 aromatic heterocycles. The van der Waals surface area contributed by atoms with Crippen LogP contribution >= 0.6 is 0 Å². The van der Waals surface area contributed by atoms with Gasteiger partial charge in [-0.3, -0.25) is 4.99 Å². The van der Waals surface area contributed by atoms with E-state index in [2.05, 4.69) is 4.99 Å². The van der Waals surface area contributed by atoms with Gasteiger partial charge in [0, 0.05) is 30.6 Å². The van der Waals surface area contributed by atoms with Gasteiger partial charge < -0.3 is 14.9 Å². The third kappa shape index (κ3) is 5.17. The predicted octanol–water partition coefficient (Wildman–Crippen LogP) is 4.41. The largest absolute Gasteiger partial charge is 0.490 e. The Morgan fingerprint density at radius 1 is 1.21 bits per heavy atom. The van der Waals surface area contributed by atoms with E-state index in [9.17, 15) is 12.8 Å². The molecule has 6 nitrogen and oxygen atoms in total. The first kappa shape index (κ1) is 23.2. The van der Waals surface area contributed by atoms with Crippen molar-refractivity contribution in [2.24, 2.45) is 22.1 Å². The van der Waals surface area contributed by atoms with Crippen LogP contribution in [0.5, 0.6) is 5.75 Å². The van der Waals surface area contributed by atoms with Crippen molar-refractivity contribution in [1.29, 1.82) is 0 Å². The van der Waals surface area contributed by atoms with E-state index in [1.54, 1.807) is 12.5 Å². The number of furan rings is 1. The molecule has 0 spiro atoms. The van der Waals surface area contributed by atoms with Crippen LogP contribution in [-0.4, -0.2) is 39.6 Å². The normalized spacial score (nSPS) is 20.1. The minimum atomic E-state index is -3.70. The second kappa shape index (κ2) is 9.49. The number of hydrogen-bond acceptors (Lipinski definition) is 6. The molecule has 3 atom stereocenters. The lowest BCUT2D eigenvalue weighted by atomic mass is 9.77. The minimum Gasteiger partial charge on any atom is -0.490 e. The van der Waals surface area contributed by atoms with Gasteiger partial charge >= 0.3 is 0 Å². The summed E-state index contributed by atoms with van der Waals surface area (Å²) in [4.78, 5) is 4.44. The number of halogens is 1. The zero-order valence-corrected chi connectivity index (χ0v) is 19.2. The summed E-state index contributed by atoms with van der Waals surface area (Å²) in [6.45, 7) is 2.68. The van der Waals surface area contributed by atoms with Gasteiger partial charge in [-0.1, -0.05) is 12.1 Å². The Morgan fingerprint density at radius 3 is 2.70 bits per heavy atom. The van der Waals surface area contributed by atoms with E-state index in [-0.39, 0.29) is 10.6 Å². The molecule has 0 saturated carbocycles. The average Bonchev–Trinajstić information content (AvgIpc) is 3.29. The van der Waals surface area contributed by atoms with Crippen LogP contribution in [0.2, 0.25) is 0 Å². The topological polar surface area (TPSA) is 94.9 Å². The molecule has 3 unspecified atom stereocenters. The summed E-state index contributed by atoms with van der Waals surface area (Å²) in [6.07, 6.45) is 7.18. The number of rotatable bonds is 9. The quantitative estimate of drug-likeness (QED) is 0.468. The smallest absolute Gasteiger partial charge is 0.178 e. The van der Waals surface area contributed by atoms with E-state index in [1.165, 1.54) is 12.1 Å². The van der Waals surface area contributed by atoms with E-state index >= 15 is 0 Å². The molecule has 1 aliphatic heterocycles. The Labute approximate surface area is 192 Å². The maximum atomic E-state index is 13.4. The second-order valence-electron chi connectivity index (χ2n) is 8.53. The van der Waals surface area contributed by atoms with Crippen LogP contribution in [0.15, 0.2) is 81.3 Å². The highest BCUT2D eigenvalue weighted by molar-refractivity contribution is 7.91. The number of nitrogens with zero attached hydrogens (tertiary/aromatic N) is 1. The summed E-state index contributed by atoms with van der Waals surface area (Å²) in [7, 11) is -3.70. The number of benzene rings is 2. The van der Waals surface area contributed by atoms with Crippen molar-refractivity contribution >= 4 is 27.0 Å². The highest BCUT2D eigenvalue weighted by Crippen LogP contribution is 2.35. The molecule has 0 radical (unpaired) electrons. The summed E-state index contributed by atoms with van der Waals surface area (Å²) >= 11 is 0. The van der Waals surface area contributed by atoms with Crippen LogP contribution in [0.3, 0.4) is 0 Å². The third-order valence-electron chi connectivity index (χ3n) is 6.16. The molecular weight excluding hydrogens is 443 g/mol. The van der Waals surface area contributed by atoms with E-state index in [0.29, 0.717) is 30.8 Å². The molecule has 174 valence electrons. The average molecular weight is 471 g/mol. The maximum absolute atomic E-state index is 13.4. The summed E-state index contributed by atoms with van der Waals surface area (Å²) in [5.74, 6) is -0.427. The fraction of sp³-hybridized carbons (Fsp3) is 0.320. The molecule has 2 aromatic carbocycles. The van der Waals surface area contributed by atoms with Crippen LogP contribution in [0.4, 0.5) is 4.39 Å². The van der Waals surface area contributed by atoms with Crippen LogP contribution in [0.25, 0.3) is 11.0 Å². The number of dihydropyridines is 1. The molecule has 1 aliphatic rings. The van der Waals surface area contributed by atoms with Gasteiger partial charge in [0.15, 0.2) is 9.84 Å². The van der Waals surface area contributed by atoms with Crippen LogP contribution in [-0.2, 0) is 9.84 Å². The molecule has 2 N–H and O–H groups in total. The van der Waals surface area contributed by atoms with Crippen molar-refractivity contribution in [3.63, 3.8) is 0 Å². The van der Waals surface area contributed by atoms with Gasteiger partial charge in [0.25, 0.3) is 0 Å². The van der Waals surface area contributed by atoms with Gasteiger partial charge in [0.2, 0.25) is 0 Å². The molecule has 3 aromatic rings. The molecule has 8 heteroatoms. The molecule has 0 amide bonds. The lowest BCUT2D eigenvalue weighted by Crippen LogP contribution is -2.40. The minimum absolute atomic E-state index is 0.0806. The molecule has 4 rings (SSSR count). The Balaban J connectivity index is 1.64. The van der Waals surface area contributed by atoms with Crippen LogP contribution < -0.4 is 10.5 Å². The van der Waals surface area contributed by atoms with E-state index in [4.69, 9.17) is 14.9 Å². The van der Waals surface area contributed by atoms with Crippen molar-refractivity contribution in [3.8, 4) is 5.75 Å². The molecule has 0 bridgehead atoms. The first-order chi connectivity index (χ1) is 15.8. The van der Waals surface area contributed by atoms with E-state index in [0.717, 1.165) is 17.5 Å². The number of ether oxygens (including phenoxy) is 1. The lowest BCUT2D eigenvalue weighted by Gasteiger charge is -2.35. The highest BCUT2D eigenvalue weighted by Gasteiger charge is 2.36. The van der Waals surface area contributed by atoms with Crippen molar-refractivity contribution in [2.75, 3.05) is 18.8 Å². The van der Waals surface area contributed by atoms with Gasteiger partial charge in [-0.15, -0.1) is 0 Å². The molecule has 2 heterocycles. The fourth-order valence-corrected chi connectivity index (χ4v) is 5.91. The predicted molar refractivity (Wildman–Crippen MR) is 127 cm³/mol. The Morgan fingerprint density at radius 2 is 2.00 bits per heavy atom. The summed E-state index contributed by atoms with van der Waals surface area (Å²) in [5.41, 5.74) is 6.35. The Hall–Kier alpha value is -2.97. The van der Waals surface area contributed by atoms with Gasteiger partial charge in [-0.25, -0.2) is 12.8 Å². The summed E-state index contributed by atoms with van der Waals surface area (Å²) in [6, 6.07) is 12.2. The first-order valence-electron chi connectivity index (χ1n) is 10.8.